The summed E-state index contributed by atoms with van der Waals surface area (Å²) in [4.78, 5) is 21.6. The molecule has 5 rings (SSSR count). The number of aromatic amines is 1. The molecule has 0 spiro atoms. The lowest BCUT2D eigenvalue weighted by molar-refractivity contribution is 0.102. The van der Waals surface area contributed by atoms with Gasteiger partial charge < -0.3 is 16.0 Å². The predicted molar refractivity (Wildman–Crippen MR) is 139 cm³/mol. The summed E-state index contributed by atoms with van der Waals surface area (Å²) in [6.07, 6.45) is 5.01. The van der Waals surface area contributed by atoms with Crippen molar-refractivity contribution in [2.45, 2.75) is 45.4 Å². The summed E-state index contributed by atoms with van der Waals surface area (Å²) >= 11 is 0. The fourth-order valence-electron chi connectivity index (χ4n) is 4.42. The van der Waals surface area contributed by atoms with Crippen LogP contribution in [0.15, 0.2) is 60.7 Å². The van der Waals surface area contributed by atoms with Gasteiger partial charge in [0.2, 0.25) is 5.95 Å². The minimum absolute atomic E-state index is 0.137. The number of amides is 1. The summed E-state index contributed by atoms with van der Waals surface area (Å²) in [6, 6.07) is 18.9. The van der Waals surface area contributed by atoms with Crippen LogP contribution in [0.4, 0.5) is 29.0 Å². The first kappa shape index (κ1) is 22.6. The van der Waals surface area contributed by atoms with E-state index in [4.69, 9.17) is 0 Å². The highest BCUT2D eigenvalue weighted by Crippen LogP contribution is 2.34. The molecule has 0 aliphatic heterocycles. The number of benzene rings is 2. The second kappa shape index (κ2) is 9.97. The molecule has 35 heavy (non-hydrogen) atoms. The van der Waals surface area contributed by atoms with Gasteiger partial charge in [-0.3, -0.25) is 9.89 Å². The van der Waals surface area contributed by atoms with E-state index in [1.54, 1.807) is 6.07 Å². The highest BCUT2D eigenvalue weighted by molar-refractivity contribution is 6.04. The van der Waals surface area contributed by atoms with E-state index in [0.717, 1.165) is 22.8 Å². The van der Waals surface area contributed by atoms with Crippen LogP contribution in [-0.4, -0.2) is 26.1 Å². The van der Waals surface area contributed by atoms with Gasteiger partial charge in [-0.15, -0.1) is 0 Å². The van der Waals surface area contributed by atoms with Crippen molar-refractivity contribution in [1.29, 1.82) is 0 Å². The standard InChI is InChI=1S/C27H29N7O/c1-17-6-5-9-20(14-17)26(35)29-21-10-12-22(13-11-21)30-27-28-18(2)15-24(32-27)31-25-16-23(33-34-25)19-7-3-4-8-19/h5-6,9-16,19H,3-4,7-8H2,1-2H3,(H,29,35)(H3,28,30,31,32,33,34). The smallest absolute Gasteiger partial charge is 0.255 e. The summed E-state index contributed by atoms with van der Waals surface area (Å²) in [6.45, 7) is 3.89. The monoisotopic (exact) mass is 467 g/mol. The summed E-state index contributed by atoms with van der Waals surface area (Å²) < 4.78 is 0. The molecule has 1 fully saturated rings. The van der Waals surface area contributed by atoms with Gasteiger partial charge in [-0.1, -0.05) is 30.5 Å². The van der Waals surface area contributed by atoms with Crippen LogP contribution in [0.1, 0.15) is 58.9 Å². The Morgan fingerprint density at radius 1 is 0.886 bits per heavy atom. The molecule has 0 atom stereocenters. The average molecular weight is 468 g/mol. The first-order valence-corrected chi connectivity index (χ1v) is 11.9. The quantitative estimate of drug-likeness (QED) is 0.257. The maximum absolute atomic E-state index is 12.5. The lowest BCUT2D eigenvalue weighted by atomic mass is 10.0. The molecule has 0 saturated heterocycles. The van der Waals surface area contributed by atoms with Crippen LogP contribution in [0.3, 0.4) is 0 Å². The Morgan fingerprint density at radius 2 is 1.66 bits per heavy atom. The van der Waals surface area contributed by atoms with Gasteiger partial charge in [0.25, 0.3) is 5.91 Å². The number of carbonyl (C=O) groups is 1. The van der Waals surface area contributed by atoms with E-state index in [1.807, 2.05) is 62.4 Å². The molecule has 2 heterocycles. The highest BCUT2D eigenvalue weighted by atomic mass is 16.1. The summed E-state index contributed by atoms with van der Waals surface area (Å²) in [5.41, 5.74) is 5.23. The Balaban J connectivity index is 1.23. The van der Waals surface area contributed by atoms with Crippen molar-refractivity contribution in [1.82, 2.24) is 20.2 Å². The molecule has 8 heteroatoms. The normalized spacial score (nSPS) is 13.5. The largest absolute Gasteiger partial charge is 0.324 e. The number of aromatic nitrogens is 4. The highest BCUT2D eigenvalue weighted by Gasteiger charge is 2.19. The van der Waals surface area contributed by atoms with Crippen molar-refractivity contribution in [3.8, 4) is 0 Å². The van der Waals surface area contributed by atoms with Gasteiger partial charge >= 0.3 is 0 Å². The van der Waals surface area contributed by atoms with Gasteiger partial charge in [-0.25, -0.2) is 4.98 Å². The zero-order valence-electron chi connectivity index (χ0n) is 19.9. The molecule has 4 N–H and O–H groups in total. The lowest BCUT2D eigenvalue weighted by Gasteiger charge is -2.10. The van der Waals surface area contributed by atoms with Crippen LogP contribution in [0, 0.1) is 13.8 Å². The Hall–Kier alpha value is -4.20. The van der Waals surface area contributed by atoms with Crippen LogP contribution >= 0.6 is 0 Å². The number of carbonyl (C=O) groups excluding carboxylic acids is 1. The van der Waals surface area contributed by atoms with Gasteiger partial charge in [0.1, 0.15) is 5.82 Å². The summed E-state index contributed by atoms with van der Waals surface area (Å²) in [7, 11) is 0. The Bertz CT molecular complexity index is 1320. The minimum atomic E-state index is -0.137. The minimum Gasteiger partial charge on any atom is -0.324 e. The van der Waals surface area contributed by atoms with Crippen molar-refractivity contribution >= 4 is 34.9 Å². The van der Waals surface area contributed by atoms with Crippen molar-refractivity contribution < 1.29 is 4.79 Å². The average Bonchev–Trinajstić information content (AvgIpc) is 3.52. The fourth-order valence-corrected chi connectivity index (χ4v) is 4.42. The second-order valence-electron chi connectivity index (χ2n) is 9.06. The third-order valence-electron chi connectivity index (χ3n) is 6.18. The molecule has 0 unspecified atom stereocenters. The molecular weight excluding hydrogens is 438 g/mol. The molecule has 2 aromatic heterocycles. The molecule has 2 aromatic carbocycles. The van der Waals surface area contributed by atoms with E-state index in [2.05, 4.69) is 42.2 Å². The van der Waals surface area contributed by atoms with E-state index < -0.39 is 0 Å². The molecule has 1 aliphatic rings. The number of anilines is 5. The predicted octanol–water partition coefficient (Wildman–Crippen LogP) is 6.21. The van der Waals surface area contributed by atoms with Gasteiger partial charge in [-0.2, -0.15) is 10.1 Å². The number of rotatable bonds is 7. The van der Waals surface area contributed by atoms with Crippen LogP contribution in [-0.2, 0) is 0 Å². The number of hydrogen-bond donors (Lipinski definition) is 4. The molecule has 0 radical (unpaired) electrons. The lowest BCUT2D eigenvalue weighted by Crippen LogP contribution is -2.11. The third kappa shape index (κ3) is 5.66. The van der Waals surface area contributed by atoms with Crippen molar-refractivity contribution in [3.63, 3.8) is 0 Å². The maximum atomic E-state index is 12.5. The topological polar surface area (TPSA) is 108 Å². The SMILES string of the molecule is Cc1cccc(C(=O)Nc2ccc(Nc3nc(C)cc(Nc4cc(C5CCCC5)[nH]n4)n3)cc2)c1. The molecule has 0 bridgehead atoms. The molecule has 1 aliphatic carbocycles. The van der Waals surface area contributed by atoms with Crippen LogP contribution < -0.4 is 16.0 Å². The fraction of sp³-hybridized carbons (Fsp3) is 0.259. The van der Waals surface area contributed by atoms with E-state index in [-0.39, 0.29) is 5.91 Å². The van der Waals surface area contributed by atoms with Crippen molar-refractivity contribution in [2.24, 2.45) is 0 Å². The van der Waals surface area contributed by atoms with Crippen molar-refractivity contribution in [3.05, 3.63) is 83.2 Å². The van der Waals surface area contributed by atoms with E-state index in [1.165, 1.54) is 31.4 Å². The molecule has 178 valence electrons. The Kier molecular flexibility index (Phi) is 6.43. The van der Waals surface area contributed by atoms with Crippen LogP contribution in [0.25, 0.3) is 0 Å². The first-order chi connectivity index (χ1) is 17.0. The van der Waals surface area contributed by atoms with E-state index in [0.29, 0.717) is 28.9 Å². The summed E-state index contributed by atoms with van der Waals surface area (Å²) in [5, 5.41) is 17.0. The van der Waals surface area contributed by atoms with Gasteiger partial charge in [0.05, 0.1) is 0 Å². The number of nitrogens with one attached hydrogen (secondary N) is 4. The molecule has 8 nitrogen and oxygen atoms in total. The maximum Gasteiger partial charge on any atom is 0.255 e. The van der Waals surface area contributed by atoms with Crippen LogP contribution in [0.5, 0.6) is 0 Å². The number of aryl methyl sites for hydroxylation is 2. The van der Waals surface area contributed by atoms with Gasteiger partial charge in [0, 0.05) is 46.4 Å². The zero-order valence-corrected chi connectivity index (χ0v) is 19.9. The number of H-pyrrole nitrogens is 1. The molecule has 1 amide bonds. The first-order valence-electron chi connectivity index (χ1n) is 11.9. The van der Waals surface area contributed by atoms with Gasteiger partial charge in [0.15, 0.2) is 5.82 Å². The number of hydrogen-bond acceptors (Lipinski definition) is 6. The van der Waals surface area contributed by atoms with E-state index >= 15 is 0 Å². The zero-order chi connectivity index (χ0) is 24.2. The Morgan fingerprint density at radius 3 is 2.43 bits per heavy atom. The molecule has 1 saturated carbocycles. The molecule has 4 aromatic rings. The second-order valence-corrected chi connectivity index (χ2v) is 9.06. The van der Waals surface area contributed by atoms with Crippen molar-refractivity contribution in [2.75, 3.05) is 16.0 Å². The third-order valence-corrected chi connectivity index (χ3v) is 6.18. The van der Waals surface area contributed by atoms with Gasteiger partial charge in [-0.05, 0) is 63.1 Å². The number of nitrogens with zero attached hydrogens (tertiary/aromatic N) is 3. The molecular formula is C27H29N7O. The Labute approximate surface area is 204 Å². The van der Waals surface area contributed by atoms with E-state index in [9.17, 15) is 4.79 Å². The van der Waals surface area contributed by atoms with Crippen LogP contribution in [0.2, 0.25) is 0 Å². The summed E-state index contributed by atoms with van der Waals surface area (Å²) in [5.74, 6) is 2.35.